The summed E-state index contributed by atoms with van der Waals surface area (Å²) in [7, 11) is 0. The van der Waals surface area contributed by atoms with Gasteiger partial charge in [0.15, 0.2) is 0 Å². The molecule has 0 aliphatic carbocycles. The van der Waals surface area contributed by atoms with Gasteiger partial charge in [0.2, 0.25) is 0 Å². The van der Waals surface area contributed by atoms with E-state index in [2.05, 4.69) is 34.5 Å². The molecule has 1 N–H and O–H groups in total. The summed E-state index contributed by atoms with van der Waals surface area (Å²) in [5.74, 6) is -0.349. The van der Waals surface area contributed by atoms with Crippen LogP contribution in [0.4, 0.5) is 14.9 Å². The third-order valence-electron chi connectivity index (χ3n) is 4.85. The van der Waals surface area contributed by atoms with Gasteiger partial charge in [-0.3, -0.25) is 4.90 Å². The van der Waals surface area contributed by atoms with Crippen molar-refractivity contribution in [3.63, 3.8) is 0 Å². The highest BCUT2D eigenvalue weighted by atomic mass is 19.1. The van der Waals surface area contributed by atoms with Crippen molar-refractivity contribution in [2.75, 3.05) is 25.0 Å². The van der Waals surface area contributed by atoms with Crippen molar-refractivity contribution < 1.29 is 9.18 Å². The van der Waals surface area contributed by atoms with Gasteiger partial charge in [-0.1, -0.05) is 36.4 Å². The second kappa shape index (κ2) is 8.81. The van der Waals surface area contributed by atoms with Gasteiger partial charge in [-0.2, -0.15) is 0 Å². The summed E-state index contributed by atoms with van der Waals surface area (Å²) < 4.78 is 13.3. The van der Waals surface area contributed by atoms with Crippen LogP contribution in [0.2, 0.25) is 0 Å². The quantitative estimate of drug-likeness (QED) is 0.866. The van der Waals surface area contributed by atoms with Crippen LogP contribution < -0.4 is 5.32 Å². The number of amides is 2. The lowest BCUT2D eigenvalue weighted by Crippen LogP contribution is -2.51. The van der Waals surface area contributed by atoms with Crippen LogP contribution in [-0.4, -0.2) is 41.5 Å². The molecule has 4 nitrogen and oxygen atoms in total. The average molecular weight is 355 g/mol. The minimum absolute atomic E-state index is 0.162. The van der Waals surface area contributed by atoms with Gasteiger partial charge in [0.1, 0.15) is 5.82 Å². The Labute approximate surface area is 154 Å². The van der Waals surface area contributed by atoms with Crippen molar-refractivity contribution in [1.29, 1.82) is 0 Å². The SMILES string of the molecule is CCN(C(=O)Nc1cccc(F)c1)C1CCCN(Cc2ccccc2)C1. The number of anilines is 1. The zero-order chi connectivity index (χ0) is 18.4. The number of urea groups is 1. The Morgan fingerprint density at radius 2 is 2.04 bits per heavy atom. The number of rotatable bonds is 5. The van der Waals surface area contributed by atoms with E-state index in [0.717, 1.165) is 32.5 Å². The standard InChI is InChI=1S/C21H26FN3O/c1-2-25(21(26)23-19-11-6-10-18(22)14-19)20-12-7-13-24(16-20)15-17-8-4-3-5-9-17/h3-6,8-11,14,20H,2,7,12-13,15-16H2,1H3,(H,23,26). The smallest absolute Gasteiger partial charge is 0.321 e. The third-order valence-corrected chi connectivity index (χ3v) is 4.85. The monoisotopic (exact) mass is 355 g/mol. The lowest BCUT2D eigenvalue weighted by molar-refractivity contribution is 0.116. The fourth-order valence-corrected chi connectivity index (χ4v) is 3.60. The zero-order valence-electron chi connectivity index (χ0n) is 15.2. The number of nitrogens with one attached hydrogen (secondary N) is 1. The van der Waals surface area contributed by atoms with E-state index < -0.39 is 0 Å². The van der Waals surface area contributed by atoms with Gasteiger partial charge in [-0.25, -0.2) is 9.18 Å². The van der Waals surface area contributed by atoms with Crippen LogP contribution in [0.15, 0.2) is 54.6 Å². The molecule has 0 radical (unpaired) electrons. The number of likely N-dealkylation sites (N-methyl/N-ethyl adjacent to an activating group) is 1. The summed E-state index contributed by atoms with van der Waals surface area (Å²) in [6, 6.07) is 16.4. The first-order valence-electron chi connectivity index (χ1n) is 9.25. The van der Waals surface area contributed by atoms with Gasteiger partial charge in [0.05, 0.1) is 0 Å². The minimum Gasteiger partial charge on any atom is -0.321 e. The minimum atomic E-state index is -0.349. The largest absolute Gasteiger partial charge is 0.322 e. The molecule has 0 spiro atoms. The molecule has 0 bridgehead atoms. The second-order valence-electron chi connectivity index (χ2n) is 6.74. The molecule has 1 fully saturated rings. The lowest BCUT2D eigenvalue weighted by Gasteiger charge is -2.39. The summed E-state index contributed by atoms with van der Waals surface area (Å²) in [6.45, 7) is 5.43. The molecule has 26 heavy (non-hydrogen) atoms. The van der Waals surface area contributed by atoms with E-state index in [1.54, 1.807) is 12.1 Å². The predicted octanol–water partition coefficient (Wildman–Crippen LogP) is 4.34. The number of benzene rings is 2. The Balaban J connectivity index is 1.62. The average Bonchev–Trinajstić information content (AvgIpc) is 2.63. The highest BCUT2D eigenvalue weighted by Crippen LogP contribution is 2.19. The summed E-state index contributed by atoms with van der Waals surface area (Å²) in [5.41, 5.74) is 1.78. The Morgan fingerprint density at radius 1 is 1.23 bits per heavy atom. The van der Waals surface area contributed by atoms with Crippen molar-refractivity contribution in [2.45, 2.75) is 32.4 Å². The second-order valence-corrected chi connectivity index (χ2v) is 6.74. The fraction of sp³-hybridized carbons (Fsp3) is 0.381. The topological polar surface area (TPSA) is 35.6 Å². The van der Waals surface area contributed by atoms with Crippen LogP contribution in [0.1, 0.15) is 25.3 Å². The number of hydrogen-bond acceptors (Lipinski definition) is 2. The molecule has 1 aliphatic rings. The van der Waals surface area contributed by atoms with E-state index in [9.17, 15) is 9.18 Å². The van der Waals surface area contributed by atoms with Crippen LogP contribution in [-0.2, 0) is 6.54 Å². The molecule has 3 rings (SSSR count). The molecule has 1 aliphatic heterocycles. The van der Waals surface area contributed by atoms with E-state index in [1.165, 1.54) is 17.7 Å². The Bertz CT molecular complexity index is 722. The summed E-state index contributed by atoms with van der Waals surface area (Å²) >= 11 is 0. The van der Waals surface area contributed by atoms with Crippen LogP contribution in [0.25, 0.3) is 0 Å². The number of nitrogens with zero attached hydrogens (tertiary/aromatic N) is 2. The first-order valence-corrected chi connectivity index (χ1v) is 9.25. The van der Waals surface area contributed by atoms with E-state index in [-0.39, 0.29) is 17.9 Å². The fourth-order valence-electron chi connectivity index (χ4n) is 3.60. The molecule has 1 heterocycles. The Hall–Kier alpha value is -2.40. The molecule has 5 heteroatoms. The van der Waals surface area contributed by atoms with Crippen LogP contribution in [0, 0.1) is 5.82 Å². The first-order chi connectivity index (χ1) is 12.7. The Morgan fingerprint density at radius 3 is 2.77 bits per heavy atom. The third kappa shape index (κ3) is 4.82. The molecule has 138 valence electrons. The van der Waals surface area contributed by atoms with Crippen LogP contribution >= 0.6 is 0 Å². The molecule has 1 atom stereocenters. The van der Waals surface area contributed by atoms with Crippen molar-refractivity contribution in [3.05, 3.63) is 66.0 Å². The number of piperidine rings is 1. The van der Waals surface area contributed by atoms with Gasteiger partial charge in [0.25, 0.3) is 0 Å². The van der Waals surface area contributed by atoms with Crippen LogP contribution in [0.5, 0.6) is 0 Å². The number of carbonyl (C=O) groups is 1. The summed E-state index contributed by atoms with van der Waals surface area (Å²) in [5, 5.41) is 2.82. The van der Waals surface area contributed by atoms with Crippen molar-refractivity contribution in [1.82, 2.24) is 9.80 Å². The van der Waals surface area contributed by atoms with Gasteiger partial charge in [0, 0.05) is 31.4 Å². The highest BCUT2D eigenvalue weighted by molar-refractivity contribution is 5.89. The summed E-state index contributed by atoms with van der Waals surface area (Å²) in [4.78, 5) is 17.0. The van der Waals surface area contributed by atoms with Gasteiger partial charge < -0.3 is 10.2 Å². The van der Waals surface area contributed by atoms with Crippen molar-refractivity contribution >= 4 is 11.7 Å². The molecular formula is C21H26FN3O. The zero-order valence-corrected chi connectivity index (χ0v) is 15.2. The molecule has 2 aromatic carbocycles. The van der Waals surface area contributed by atoms with Gasteiger partial charge in [-0.05, 0) is 50.1 Å². The van der Waals surface area contributed by atoms with E-state index in [0.29, 0.717) is 12.2 Å². The number of hydrogen-bond donors (Lipinski definition) is 1. The number of halogens is 1. The predicted molar refractivity (Wildman–Crippen MR) is 103 cm³/mol. The molecule has 1 saturated heterocycles. The normalized spacial score (nSPS) is 17.7. The van der Waals surface area contributed by atoms with Crippen molar-refractivity contribution in [2.24, 2.45) is 0 Å². The molecule has 2 amide bonds. The molecule has 0 saturated carbocycles. The molecular weight excluding hydrogens is 329 g/mol. The van der Waals surface area contributed by atoms with E-state index in [1.807, 2.05) is 17.9 Å². The number of likely N-dealkylation sites (tertiary alicyclic amines) is 1. The lowest BCUT2D eigenvalue weighted by atomic mass is 10.0. The molecule has 1 unspecified atom stereocenters. The van der Waals surface area contributed by atoms with Crippen LogP contribution in [0.3, 0.4) is 0 Å². The maximum atomic E-state index is 13.3. The highest BCUT2D eigenvalue weighted by Gasteiger charge is 2.27. The Kier molecular flexibility index (Phi) is 6.23. The summed E-state index contributed by atoms with van der Waals surface area (Å²) in [6.07, 6.45) is 2.07. The number of carbonyl (C=O) groups excluding carboxylic acids is 1. The van der Waals surface area contributed by atoms with Gasteiger partial charge in [-0.15, -0.1) is 0 Å². The molecule has 2 aromatic rings. The van der Waals surface area contributed by atoms with E-state index >= 15 is 0 Å². The first kappa shape index (κ1) is 18.4. The van der Waals surface area contributed by atoms with Gasteiger partial charge >= 0.3 is 6.03 Å². The van der Waals surface area contributed by atoms with Crippen molar-refractivity contribution in [3.8, 4) is 0 Å². The van der Waals surface area contributed by atoms with E-state index in [4.69, 9.17) is 0 Å². The molecule has 0 aromatic heterocycles. The maximum absolute atomic E-state index is 13.3. The maximum Gasteiger partial charge on any atom is 0.322 e.